The van der Waals surface area contributed by atoms with Crippen LogP contribution in [0.2, 0.25) is 0 Å². The summed E-state index contributed by atoms with van der Waals surface area (Å²) in [6.45, 7) is 4.54. The average molecular weight is 312 g/mol. The molecular weight excluding hydrogens is 297 g/mol. The van der Waals surface area contributed by atoms with E-state index in [4.69, 9.17) is 0 Å². The van der Waals surface area contributed by atoms with E-state index in [-0.39, 0.29) is 5.82 Å². The van der Waals surface area contributed by atoms with Gasteiger partial charge < -0.3 is 5.32 Å². The standard InChI is InChI=1S/C13H15BrFN3/c1-8-11(9(2)18(3)17-8)7-16-13-5-4-10(14)6-12(13)15/h4-6,16H,7H2,1-3H3. The van der Waals surface area contributed by atoms with Crippen LogP contribution in [0.5, 0.6) is 0 Å². The van der Waals surface area contributed by atoms with Crippen LogP contribution in [0.1, 0.15) is 17.0 Å². The molecule has 5 heteroatoms. The number of hydrogen-bond acceptors (Lipinski definition) is 2. The molecule has 3 nitrogen and oxygen atoms in total. The fourth-order valence-corrected chi connectivity index (χ4v) is 2.22. The molecule has 0 radical (unpaired) electrons. The number of aryl methyl sites for hydroxylation is 2. The Morgan fingerprint density at radius 3 is 2.67 bits per heavy atom. The van der Waals surface area contributed by atoms with E-state index in [9.17, 15) is 4.39 Å². The van der Waals surface area contributed by atoms with E-state index in [1.54, 1.807) is 6.07 Å². The molecule has 0 aliphatic carbocycles. The smallest absolute Gasteiger partial charge is 0.147 e. The first kappa shape index (κ1) is 13.1. The molecule has 0 saturated heterocycles. The van der Waals surface area contributed by atoms with Gasteiger partial charge in [0.05, 0.1) is 11.4 Å². The number of halogens is 2. The SMILES string of the molecule is Cc1nn(C)c(C)c1CNc1ccc(Br)cc1F. The maximum atomic E-state index is 13.6. The molecular formula is C13H15BrFN3. The van der Waals surface area contributed by atoms with Crippen molar-refractivity contribution in [3.8, 4) is 0 Å². The minimum atomic E-state index is -0.261. The van der Waals surface area contributed by atoms with E-state index in [1.807, 2.05) is 31.6 Å². The van der Waals surface area contributed by atoms with E-state index in [0.29, 0.717) is 12.2 Å². The summed E-state index contributed by atoms with van der Waals surface area (Å²) in [5.41, 5.74) is 3.68. The van der Waals surface area contributed by atoms with Crippen LogP contribution in [-0.4, -0.2) is 9.78 Å². The lowest BCUT2D eigenvalue weighted by atomic mass is 10.2. The highest BCUT2D eigenvalue weighted by Gasteiger charge is 2.10. The average Bonchev–Trinajstić information content (AvgIpc) is 2.53. The zero-order valence-corrected chi connectivity index (χ0v) is 12.2. The van der Waals surface area contributed by atoms with E-state index < -0.39 is 0 Å². The van der Waals surface area contributed by atoms with Crippen LogP contribution in [0.15, 0.2) is 22.7 Å². The van der Waals surface area contributed by atoms with Crippen LogP contribution in [0.3, 0.4) is 0 Å². The van der Waals surface area contributed by atoms with E-state index in [2.05, 4.69) is 26.3 Å². The Morgan fingerprint density at radius 2 is 2.11 bits per heavy atom. The highest BCUT2D eigenvalue weighted by Crippen LogP contribution is 2.21. The van der Waals surface area contributed by atoms with Gasteiger partial charge in [-0.2, -0.15) is 5.10 Å². The third-order valence-electron chi connectivity index (χ3n) is 3.05. The second kappa shape index (κ2) is 5.10. The highest BCUT2D eigenvalue weighted by molar-refractivity contribution is 9.10. The first-order valence-corrected chi connectivity index (χ1v) is 6.46. The van der Waals surface area contributed by atoms with Crippen molar-refractivity contribution in [3.05, 3.63) is 45.4 Å². The summed E-state index contributed by atoms with van der Waals surface area (Å²) in [4.78, 5) is 0. The largest absolute Gasteiger partial charge is 0.378 e. The van der Waals surface area contributed by atoms with Crippen LogP contribution in [0.4, 0.5) is 10.1 Å². The molecule has 0 aliphatic heterocycles. The molecule has 0 fully saturated rings. The number of rotatable bonds is 3. The van der Waals surface area contributed by atoms with Crippen LogP contribution < -0.4 is 5.32 Å². The number of benzene rings is 1. The minimum absolute atomic E-state index is 0.261. The number of nitrogens with zero attached hydrogens (tertiary/aromatic N) is 2. The lowest BCUT2D eigenvalue weighted by molar-refractivity contribution is 0.629. The normalized spacial score (nSPS) is 10.7. The Morgan fingerprint density at radius 1 is 1.39 bits per heavy atom. The predicted octanol–water partition coefficient (Wildman–Crippen LogP) is 3.55. The number of aromatic nitrogens is 2. The molecule has 96 valence electrons. The number of nitrogens with one attached hydrogen (secondary N) is 1. The van der Waals surface area contributed by atoms with Gasteiger partial charge in [-0.1, -0.05) is 15.9 Å². The first-order chi connectivity index (χ1) is 8.49. The molecule has 0 aliphatic rings. The summed E-state index contributed by atoms with van der Waals surface area (Å²) in [5, 5.41) is 7.44. The van der Waals surface area contributed by atoms with Crippen LogP contribution in [0.25, 0.3) is 0 Å². The first-order valence-electron chi connectivity index (χ1n) is 5.67. The molecule has 0 amide bonds. The van der Waals surface area contributed by atoms with Gasteiger partial charge in [-0.05, 0) is 32.0 Å². The predicted molar refractivity (Wildman–Crippen MR) is 74.1 cm³/mol. The lowest BCUT2D eigenvalue weighted by Gasteiger charge is -2.08. The van der Waals surface area contributed by atoms with Crippen molar-refractivity contribution in [2.75, 3.05) is 5.32 Å². The molecule has 1 N–H and O–H groups in total. The monoisotopic (exact) mass is 311 g/mol. The van der Waals surface area contributed by atoms with Gasteiger partial charge in [-0.3, -0.25) is 4.68 Å². The highest BCUT2D eigenvalue weighted by atomic mass is 79.9. The van der Waals surface area contributed by atoms with Crippen molar-refractivity contribution >= 4 is 21.6 Å². The Hall–Kier alpha value is -1.36. The van der Waals surface area contributed by atoms with Gasteiger partial charge in [0.25, 0.3) is 0 Å². The Kier molecular flexibility index (Phi) is 3.71. The van der Waals surface area contributed by atoms with Crippen molar-refractivity contribution < 1.29 is 4.39 Å². The van der Waals surface area contributed by atoms with Crippen molar-refractivity contribution in [1.82, 2.24) is 9.78 Å². The maximum Gasteiger partial charge on any atom is 0.147 e. The fraction of sp³-hybridized carbons (Fsp3) is 0.308. The van der Waals surface area contributed by atoms with Gasteiger partial charge >= 0.3 is 0 Å². The van der Waals surface area contributed by atoms with E-state index in [0.717, 1.165) is 21.4 Å². The lowest BCUT2D eigenvalue weighted by Crippen LogP contribution is -2.03. The molecule has 1 aromatic heterocycles. The Balaban J connectivity index is 2.16. The number of hydrogen-bond donors (Lipinski definition) is 1. The molecule has 1 aromatic carbocycles. The van der Waals surface area contributed by atoms with Crippen LogP contribution >= 0.6 is 15.9 Å². The fourth-order valence-electron chi connectivity index (χ4n) is 1.89. The molecule has 0 saturated carbocycles. The molecule has 0 bridgehead atoms. The quantitative estimate of drug-likeness (QED) is 0.939. The maximum absolute atomic E-state index is 13.6. The van der Waals surface area contributed by atoms with Gasteiger partial charge in [-0.15, -0.1) is 0 Å². The van der Waals surface area contributed by atoms with Gasteiger partial charge in [0.15, 0.2) is 0 Å². The minimum Gasteiger partial charge on any atom is -0.378 e. The van der Waals surface area contributed by atoms with Crippen molar-refractivity contribution in [3.63, 3.8) is 0 Å². The molecule has 2 rings (SSSR count). The molecule has 1 heterocycles. The summed E-state index contributed by atoms with van der Waals surface area (Å²) in [7, 11) is 1.91. The summed E-state index contributed by atoms with van der Waals surface area (Å²) >= 11 is 3.24. The Labute approximate surface area is 114 Å². The zero-order valence-electron chi connectivity index (χ0n) is 10.6. The number of anilines is 1. The van der Waals surface area contributed by atoms with Gasteiger partial charge in [0, 0.05) is 29.3 Å². The van der Waals surface area contributed by atoms with Gasteiger partial charge in [-0.25, -0.2) is 4.39 Å². The summed E-state index contributed by atoms with van der Waals surface area (Å²) in [6.07, 6.45) is 0. The third kappa shape index (κ3) is 2.56. The van der Waals surface area contributed by atoms with Crippen molar-refractivity contribution in [1.29, 1.82) is 0 Å². The summed E-state index contributed by atoms with van der Waals surface area (Å²) in [5.74, 6) is -0.261. The molecule has 18 heavy (non-hydrogen) atoms. The summed E-state index contributed by atoms with van der Waals surface area (Å²) in [6, 6.07) is 4.99. The van der Waals surface area contributed by atoms with E-state index in [1.165, 1.54) is 6.07 Å². The van der Waals surface area contributed by atoms with Crippen LogP contribution in [-0.2, 0) is 13.6 Å². The van der Waals surface area contributed by atoms with Crippen LogP contribution in [0, 0.1) is 19.7 Å². The molecule has 0 spiro atoms. The second-order valence-electron chi connectivity index (χ2n) is 4.25. The van der Waals surface area contributed by atoms with Gasteiger partial charge in [0.1, 0.15) is 5.82 Å². The summed E-state index contributed by atoms with van der Waals surface area (Å²) < 4.78 is 16.2. The molecule has 0 atom stereocenters. The van der Waals surface area contributed by atoms with Crippen molar-refractivity contribution in [2.24, 2.45) is 7.05 Å². The zero-order chi connectivity index (χ0) is 13.3. The van der Waals surface area contributed by atoms with Crippen molar-refractivity contribution in [2.45, 2.75) is 20.4 Å². The van der Waals surface area contributed by atoms with E-state index >= 15 is 0 Å². The Bertz CT molecular complexity index is 578. The van der Waals surface area contributed by atoms with Gasteiger partial charge in [0.2, 0.25) is 0 Å². The molecule has 0 unspecified atom stereocenters. The molecule has 2 aromatic rings. The topological polar surface area (TPSA) is 29.9 Å². The second-order valence-corrected chi connectivity index (χ2v) is 5.17. The third-order valence-corrected chi connectivity index (χ3v) is 3.54.